The van der Waals surface area contributed by atoms with E-state index in [4.69, 9.17) is 4.74 Å². The van der Waals surface area contributed by atoms with E-state index in [9.17, 15) is 19.5 Å². The second-order valence-corrected chi connectivity index (χ2v) is 10.7. The van der Waals surface area contributed by atoms with Crippen LogP contribution in [0.1, 0.15) is 20.3 Å². The molecule has 1 spiro atoms. The predicted octanol–water partition coefficient (Wildman–Crippen LogP) is 2.51. The van der Waals surface area contributed by atoms with Crippen LogP contribution in [0.2, 0.25) is 0 Å². The highest BCUT2D eigenvalue weighted by molar-refractivity contribution is 6.06. The van der Waals surface area contributed by atoms with Crippen molar-refractivity contribution in [2.75, 3.05) is 31.1 Å². The zero-order chi connectivity index (χ0) is 26.6. The maximum absolute atomic E-state index is 14.4. The van der Waals surface area contributed by atoms with E-state index in [0.29, 0.717) is 19.6 Å². The summed E-state index contributed by atoms with van der Waals surface area (Å²) in [7, 11) is 0. The van der Waals surface area contributed by atoms with Gasteiger partial charge in [0.1, 0.15) is 11.6 Å². The number of carbonyl (C=O) groups is 3. The molecule has 6 rings (SSSR count). The second kappa shape index (κ2) is 9.36. The lowest BCUT2D eigenvalue weighted by molar-refractivity contribution is -0.146. The minimum atomic E-state index is -1.30. The van der Waals surface area contributed by atoms with Crippen molar-refractivity contribution in [3.8, 4) is 0 Å². The molecule has 0 aromatic heterocycles. The Hall–Kier alpha value is -3.49. The molecule has 0 saturated carbocycles. The monoisotopic (exact) mass is 515 g/mol. The summed E-state index contributed by atoms with van der Waals surface area (Å²) in [4.78, 5) is 47.2. The molecule has 1 N–H and O–H groups in total. The van der Waals surface area contributed by atoms with Crippen molar-refractivity contribution in [1.29, 1.82) is 0 Å². The van der Waals surface area contributed by atoms with Crippen LogP contribution in [0.3, 0.4) is 0 Å². The highest BCUT2D eigenvalue weighted by Gasteiger charge is 2.72. The van der Waals surface area contributed by atoms with Gasteiger partial charge in [0, 0.05) is 25.3 Å². The van der Waals surface area contributed by atoms with Crippen molar-refractivity contribution in [3.63, 3.8) is 0 Å². The van der Waals surface area contributed by atoms with E-state index in [-0.39, 0.29) is 24.3 Å². The van der Waals surface area contributed by atoms with Gasteiger partial charge in [-0.2, -0.15) is 0 Å². The zero-order valence-electron chi connectivity index (χ0n) is 21.7. The third-order valence-electron chi connectivity index (χ3n) is 8.46. The van der Waals surface area contributed by atoms with Crippen molar-refractivity contribution >= 4 is 34.2 Å². The lowest BCUT2D eigenvalue weighted by Crippen LogP contribution is -2.57. The van der Waals surface area contributed by atoms with Gasteiger partial charge < -0.3 is 24.5 Å². The molecule has 0 radical (unpaired) electrons. The molecule has 2 aromatic carbocycles. The van der Waals surface area contributed by atoms with Crippen molar-refractivity contribution < 1.29 is 24.2 Å². The first kappa shape index (κ1) is 24.8. The van der Waals surface area contributed by atoms with Crippen LogP contribution in [0.4, 0.5) is 5.69 Å². The molecule has 198 valence electrons. The second-order valence-electron chi connectivity index (χ2n) is 10.7. The molecule has 2 saturated heterocycles. The largest absolute Gasteiger partial charge is 0.394 e. The number of amides is 3. The van der Waals surface area contributed by atoms with Gasteiger partial charge in [-0.3, -0.25) is 14.4 Å². The Labute approximate surface area is 222 Å². The number of aliphatic hydroxyl groups excluding tert-OH is 1. The maximum atomic E-state index is 14.4. The third-order valence-corrected chi connectivity index (χ3v) is 8.46. The van der Waals surface area contributed by atoms with E-state index in [1.807, 2.05) is 73.7 Å². The topological polar surface area (TPSA) is 90.4 Å². The Balaban J connectivity index is 1.45. The van der Waals surface area contributed by atoms with Crippen molar-refractivity contribution in [2.45, 2.75) is 44.1 Å². The van der Waals surface area contributed by atoms with E-state index in [2.05, 4.69) is 0 Å². The molecule has 8 nitrogen and oxygen atoms in total. The van der Waals surface area contributed by atoms with Crippen LogP contribution in [0.15, 0.2) is 66.8 Å². The number of hydrogen-bond acceptors (Lipinski definition) is 5. The minimum absolute atomic E-state index is 0.120. The van der Waals surface area contributed by atoms with Gasteiger partial charge in [0.2, 0.25) is 11.8 Å². The van der Waals surface area contributed by atoms with Gasteiger partial charge in [-0.1, -0.05) is 61.6 Å². The number of likely N-dealkylation sites (tertiary alicyclic amines) is 1. The molecule has 38 heavy (non-hydrogen) atoms. The summed E-state index contributed by atoms with van der Waals surface area (Å²) in [5.41, 5.74) is -0.575. The van der Waals surface area contributed by atoms with Crippen LogP contribution >= 0.6 is 0 Å². The van der Waals surface area contributed by atoms with Crippen LogP contribution in [0, 0.1) is 11.8 Å². The molecule has 4 aliphatic heterocycles. The van der Waals surface area contributed by atoms with Crippen LogP contribution in [-0.2, 0) is 19.1 Å². The summed E-state index contributed by atoms with van der Waals surface area (Å²) < 4.78 is 6.65. The molecule has 4 heterocycles. The van der Waals surface area contributed by atoms with E-state index < -0.39 is 35.6 Å². The Morgan fingerprint density at radius 3 is 2.58 bits per heavy atom. The molecular weight excluding hydrogens is 482 g/mol. The van der Waals surface area contributed by atoms with Crippen molar-refractivity contribution in [2.24, 2.45) is 11.8 Å². The van der Waals surface area contributed by atoms with Crippen LogP contribution in [0.5, 0.6) is 0 Å². The fourth-order valence-corrected chi connectivity index (χ4v) is 6.74. The molecule has 0 bridgehead atoms. The van der Waals surface area contributed by atoms with E-state index >= 15 is 0 Å². The number of hydrogen-bond donors (Lipinski definition) is 1. The Morgan fingerprint density at radius 2 is 1.82 bits per heavy atom. The average Bonchev–Trinajstić information content (AvgIpc) is 3.25. The number of aliphatic hydroxyl groups is 1. The van der Waals surface area contributed by atoms with Gasteiger partial charge >= 0.3 is 0 Å². The first-order chi connectivity index (χ1) is 18.4. The number of fused-ring (bicyclic) bond motifs is 3. The first-order valence-corrected chi connectivity index (χ1v) is 13.5. The standard InChI is InChI=1S/C30H33N3O5/c1-3-14-31-15-6-10-23-24(27(31)35)25-28(36)33(19(2)18-34)26-29(37)32(16-7-13-30(25,26)38-23)22-12-11-20-8-4-5-9-21(20)17-22/h4-13,17,19,23-26,34H,3,14-16,18H2,1-2H3/t19-,23-,24+,25+,26?,30+/m1/s1. The third kappa shape index (κ3) is 3.54. The van der Waals surface area contributed by atoms with Gasteiger partial charge in [0.25, 0.3) is 5.91 Å². The summed E-state index contributed by atoms with van der Waals surface area (Å²) in [5.74, 6) is -2.29. The zero-order valence-corrected chi connectivity index (χ0v) is 21.7. The molecule has 1 unspecified atom stereocenters. The number of benzene rings is 2. The molecule has 6 atom stereocenters. The fourth-order valence-electron chi connectivity index (χ4n) is 6.74. The summed E-state index contributed by atoms with van der Waals surface area (Å²) in [6.07, 6.45) is 7.72. The summed E-state index contributed by atoms with van der Waals surface area (Å²) in [6.45, 7) is 4.81. The highest BCUT2D eigenvalue weighted by Crippen LogP contribution is 2.54. The Morgan fingerprint density at radius 1 is 1.03 bits per heavy atom. The summed E-state index contributed by atoms with van der Waals surface area (Å²) >= 11 is 0. The van der Waals surface area contributed by atoms with Gasteiger partial charge in [-0.05, 0) is 36.2 Å². The first-order valence-electron chi connectivity index (χ1n) is 13.5. The maximum Gasteiger partial charge on any atom is 0.253 e. The fraction of sp³-hybridized carbons (Fsp3) is 0.433. The minimum Gasteiger partial charge on any atom is -0.394 e. The quantitative estimate of drug-likeness (QED) is 0.618. The molecule has 2 aromatic rings. The van der Waals surface area contributed by atoms with E-state index in [1.54, 1.807) is 16.7 Å². The Bertz CT molecular complexity index is 1350. The van der Waals surface area contributed by atoms with Gasteiger partial charge in [0.15, 0.2) is 0 Å². The number of carbonyl (C=O) groups excluding carboxylic acids is 3. The van der Waals surface area contributed by atoms with Crippen molar-refractivity contribution in [1.82, 2.24) is 9.80 Å². The SMILES string of the molecule is CCCN1CC=C[C@H]2O[C@]34C=CCN(c5ccc6ccccc6c5)C(=O)C3N([C@H](C)CO)C(=O)[C@@H]4[C@H]2C1=O. The number of anilines is 1. The number of nitrogens with zero attached hydrogens (tertiary/aromatic N) is 3. The molecular formula is C30H33N3O5. The number of rotatable bonds is 5. The van der Waals surface area contributed by atoms with Gasteiger partial charge in [0.05, 0.1) is 30.6 Å². The molecule has 8 heteroatoms. The molecule has 2 fully saturated rings. The molecule has 3 amide bonds. The molecule has 0 aliphatic carbocycles. The lowest BCUT2D eigenvalue weighted by atomic mass is 9.77. The molecule has 4 aliphatic rings. The Kier molecular flexibility index (Phi) is 6.12. The smallest absolute Gasteiger partial charge is 0.253 e. The predicted molar refractivity (Wildman–Crippen MR) is 143 cm³/mol. The van der Waals surface area contributed by atoms with Crippen LogP contribution in [-0.4, -0.2) is 82.7 Å². The summed E-state index contributed by atoms with van der Waals surface area (Å²) in [5, 5.41) is 12.2. The average molecular weight is 516 g/mol. The van der Waals surface area contributed by atoms with E-state index in [1.165, 1.54) is 4.90 Å². The normalized spacial score (nSPS) is 31.3. The highest BCUT2D eigenvalue weighted by atomic mass is 16.5. The van der Waals surface area contributed by atoms with Crippen molar-refractivity contribution in [3.05, 3.63) is 66.8 Å². The summed E-state index contributed by atoms with van der Waals surface area (Å²) in [6, 6.07) is 12.2. The van der Waals surface area contributed by atoms with Crippen LogP contribution < -0.4 is 4.90 Å². The van der Waals surface area contributed by atoms with Gasteiger partial charge in [-0.25, -0.2) is 0 Å². The lowest BCUT2D eigenvalue weighted by Gasteiger charge is -2.37. The van der Waals surface area contributed by atoms with Gasteiger partial charge in [-0.15, -0.1) is 0 Å². The number of ether oxygens (including phenoxy) is 1. The van der Waals surface area contributed by atoms with Crippen LogP contribution in [0.25, 0.3) is 10.8 Å². The van der Waals surface area contributed by atoms with E-state index in [0.717, 1.165) is 22.9 Å².